The van der Waals surface area contributed by atoms with Crippen LogP contribution in [0.25, 0.3) is 11.3 Å². The molecule has 148 valence electrons. The predicted octanol–water partition coefficient (Wildman–Crippen LogP) is 3.37. The highest BCUT2D eigenvalue weighted by molar-refractivity contribution is 7.99. The molecule has 0 aliphatic carbocycles. The van der Waals surface area contributed by atoms with Gasteiger partial charge in [-0.05, 0) is 36.4 Å². The van der Waals surface area contributed by atoms with Crippen molar-refractivity contribution in [1.82, 2.24) is 20.1 Å². The second-order valence-corrected chi connectivity index (χ2v) is 7.97. The van der Waals surface area contributed by atoms with Crippen LogP contribution in [0.1, 0.15) is 6.42 Å². The van der Waals surface area contributed by atoms with Crippen LogP contribution in [-0.4, -0.2) is 57.9 Å². The van der Waals surface area contributed by atoms with Crippen molar-refractivity contribution >= 4 is 23.5 Å². The van der Waals surface area contributed by atoms with Gasteiger partial charge < -0.3 is 9.80 Å². The molecule has 0 spiro atoms. The molecule has 1 aliphatic rings. The van der Waals surface area contributed by atoms with E-state index in [1.54, 1.807) is 24.2 Å². The molecule has 2 aromatic heterocycles. The Balaban J connectivity index is 1.25. The van der Waals surface area contributed by atoms with Crippen LogP contribution in [0.2, 0.25) is 0 Å². The molecular weight excluding hydrogens is 382 g/mol. The summed E-state index contributed by atoms with van der Waals surface area (Å²) in [6, 6.07) is 18.0. The molecule has 1 aliphatic heterocycles. The van der Waals surface area contributed by atoms with Gasteiger partial charge in [0.2, 0.25) is 5.91 Å². The third kappa shape index (κ3) is 5.12. The summed E-state index contributed by atoms with van der Waals surface area (Å²) in [5, 5.41) is 8.71. The van der Waals surface area contributed by atoms with E-state index in [0.717, 1.165) is 49.0 Å². The monoisotopic (exact) mass is 405 g/mol. The van der Waals surface area contributed by atoms with Crippen molar-refractivity contribution in [2.24, 2.45) is 0 Å². The number of hydrogen-bond donors (Lipinski definition) is 0. The van der Waals surface area contributed by atoms with E-state index in [-0.39, 0.29) is 5.91 Å². The number of anilines is 1. The Morgan fingerprint density at radius 2 is 1.76 bits per heavy atom. The van der Waals surface area contributed by atoms with E-state index in [0.29, 0.717) is 6.42 Å². The SMILES string of the molecule is O=C(CCSc1ccccc1)N1CCN(c2ccc(-c3cccnc3)nn2)CC1. The van der Waals surface area contributed by atoms with Crippen molar-refractivity contribution in [1.29, 1.82) is 0 Å². The molecule has 3 aromatic rings. The summed E-state index contributed by atoms with van der Waals surface area (Å²) in [6.45, 7) is 3.00. The summed E-state index contributed by atoms with van der Waals surface area (Å²) in [4.78, 5) is 22.0. The highest BCUT2D eigenvalue weighted by Gasteiger charge is 2.22. The molecule has 29 heavy (non-hydrogen) atoms. The lowest BCUT2D eigenvalue weighted by Crippen LogP contribution is -2.49. The number of benzene rings is 1. The second kappa shape index (κ2) is 9.52. The summed E-state index contributed by atoms with van der Waals surface area (Å²) in [7, 11) is 0. The maximum absolute atomic E-state index is 12.5. The Labute approximate surface area is 175 Å². The lowest BCUT2D eigenvalue weighted by molar-refractivity contribution is -0.131. The van der Waals surface area contributed by atoms with Crippen LogP contribution >= 0.6 is 11.8 Å². The number of amides is 1. The van der Waals surface area contributed by atoms with Crippen molar-refractivity contribution in [2.75, 3.05) is 36.8 Å². The van der Waals surface area contributed by atoms with E-state index in [1.807, 2.05) is 47.4 Å². The number of nitrogens with zero attached hydrogens (tertiary/aromatic N) is 5. The Morgan fingerprint density at radius 3 is 2.45 bits per heavy atom. The smallest absolute Gasteiger partial charge is 0.223 e. The first-order valence-corrected chi connectivity index (χ1v) is 10.7. The van der Waals surface area contributed by atoms with Gasteiger partial charge >= 0.3 is 0 Å². The number of pyridine rings is 1. The minimum absolute atomic E-state index is 0.228. The summed E-state index contributed by atoms with van der Waals surface area (Å²) < 4.78 is 0. The van der Waals surface area contributed by atoms with Gasteiger partial charge in [-0.2, -0.15) is 0 Å². The molecule has 1 fully saturated rings. The van der Waals surface area contributed by atoms with Crippen molar-refractivity contribution < 1.29 is 4.79 Å². The Morgan fingerprint density at radius 1 is 0.931 bits per heavy atom. The fraction of sp³-hybridized carbons (Fsp3) is 0.273. The molecule has 1 aromatic carbocycles. The summed E-state index contributed by atoms with van der Waals surface area (Å²) in [6.07, 6.45) is 4.09. The topological polar surface area (TPSA) is 62.2 Å². The van der Waals surface area contributed by atoms with Gasteiger partial charge in [-0.15, -0.1) is 22.0 Å². The lowest BCUT2D eigenvalue weighted by Gasteiger charge is -2.35. The van der Waals surface area contributed by atoms with Crippen molar-refractivity contribution in [3.63, 3.8) is 0 Å². The van der Waals surface area contributed by atoms with E-state index in [4.69, 9.17) is 0 Å². The third-order valence-corrected chi connectivity index (χ3v) is 5.91. The number of carbonyl (C=O) groups excluding carboxylic acids is 1. The van der Waals surface area contributed by atoms with Crippen LogP contribution in [0.4, 0.5) is 5.82 Å². The van der Waals surface area contributed by atoms with Gasteiger partial charge in [0.1, 0.15) is 0 Å². The first-order valence-electron chi connectivity index (χ1n) is 9.74. The maximum Gasteiger partial charge on any atom is 0.223 e. The van der Waals surface area contributed by atoms with Crippen LogP contribution in [-0.2, 0) is 4.79 Å². The van der Waals surface area contributed by atoms with Gasteiger partial charge in [0, 0.05) is 61.2 Å². The van der Waals surface area contributed by atoms with Gasteiger partial charge in [0.15, 0.2) is 5.82 Å². The summed E-state index contributed by atoms with van der Waals surface area (Å²) in [5.74, 6) is 1.89. The highest BCUT2D eigenvalue weighted by atomic mass is 32.2. The molecule has 0 saturated carbocycles. The average Bonchev–Trinajstić information content (AvgIpc) is 2.80. The normalized spacial score (nSPS) is 14.1. The first kappa shape index (κ1) is 19.4. The van der Waals surface area contributed by atoms with Gasteiger partial charge in [-0.25, -0.2) is 0 Å². The van der Waals surface area contributed by atoms with Crippen LogP contribution in [0.15, 0.2) is 71.9 Å². The summed E-state index contributed by atoms with van der Waals surface area (Å²) in [5.41, 5.74) is 1.77. The zero-order valence-corrected chi connectivity index (χ0v) is 17.0. The second-order valence-electron chi connectivity index (χ2n) is 6.80. The predicted molar refractivity (Wildman–Crippen MR) is 116 cm³/mol. The molecule has 4 rings (SSSR count). The lowest BCUT2D eigenvalue weighted by atomic mass is 10.2. The van der Waals surface area contributed by atoms with Crippen LogP contribution in [0, 0.1) is 0 Å². The van der Waals surface area contributed by atoms with Crippen molar-refractivity contribution in [3.8, 4) is 11.3 Å². The molecule has 3 heterocycles. The Hall–Kier alpha value is -2.93. The molecule has 0 unspecified atom stereocenters. The summed E-state index contributed by atoms with van der Waals surface area (Å²) >= 11 is 1.73. The zero-order chi connectivity index (χ0) is 19.9. The molecule has 7 heteroatoms. The van der Waals surface area contributed by atoms with E-state index in [2.05, 4.69) is 32.2 Å². The first-order chi connectivity index (χ1) is 14.3. The van der Waals surface area contributed by atoms with Crippen molar-refractivity contribution in [2.45, 2.75) is 11.3 Å². The minimum Gasteiger partial charge on any atom is -0.352 e. The zero-order valence-electron chi connectivity index (χ0n) is 16.1. The molecule has 1 amide bonds. The fourth-order valence-electron chi connectivity index (χ4n) is 3.28. The van der Waals surface area contributed by atoms with Crippen molar-refractivity contribution in [3.05, 3.63) is 67.0 Å². The minimum atomic E-state index is 0.228. The van der Waals surface area contributed by atoms with Crippen LogP contribution < -0.4 is 4.90 Å². The van der Waals surface area contributed by atoms with Gasteiger partial charge in [0.25, 0.3) is 0 Å². The molecule has 0 atom stereocenters. The fourth-order valence-corrected chi connectivity index (χ4v) is 4.14. The van der Waals surface area contributed by atoms with E-state index in [9.17, 15) is 4.79 Å². The number of piperazine rings is 1. The largest absolute Gasteiger partial charge is 0.352 e. The molecule has 1 saturated heterocycles. The van der Waals surface area contributed by atoms with E-state index < -0.39 is 0 Å². The standard InChI is InChI=1S/C22H23N5OS/c28-22(10-16-29-19-6-2-1-3-7-19)27-14-12-26(13-15-27)21-9-8-20(24-25-21)18-5-4-11-23-17-18/h1-9,11,17H,10,12-16H2. The molecule has 6 nitrogen and oxygen atoms in total. The Kier molecular flexibility index (Phi) is 6.36. The number of aromatic nitrogens is 3. The van der Waals surface area contributed by atoms with Gasteiger partial charge in [-0.3, -0.25) is 9.78 Å². The van der Waals surface area contributed by atoms with Crippen LogP contribution in [0.5, 0.6) is 0 Å². The maximum atomic E-state index is 12.5. The van der Waals surface area contributed by atoms with Gasteiger partial charge in [-0.1, -0.05) is 18.2 Å². The molecule has 0 radical (unpaired) electrons. The quantitative estimate of drug-likeness (QED) is 0.586. The van der Waals surface area contributed by atoms with Crippen LogP contribution in [0.3, 0.4) is 0 Å². The highest BCUT2D eigenvalue weighted by Crippen LogP contribution is 2.20. The van der Waals surface area contributed by atoms with E-state index in [1.165, 1.54) is 4.90 Å². The number of thioether (sulfide) groups is 1. The Bertz CT molecular complexity index is 913. The number of rotatable bonds is 6. The molecule has 0 N–H and O–H groups in total. The van der Waals surface area contributed by atoms with E-state index >= 15 is 0 Å². The molecular formula is C22H23N5OS. The molecule has 0 bridgehead atoms. The average molecular weight is 406 g/mol. The third-order valence-electron chi connectivity index (χ3n) is 4.89. The number of carbonyl (C=O) groups is 1. The van der Waals surface area contributed by atoms with Gasteiger partial charge in [0.05, 0.1) is 5.69 Å². The number of hydrogen-bond acceptors (Lipinski definition) is 6.